The van der Waals surface area contributed by atoms with Crippen LogP contribution in [0.15, 0.2) is 29.8 Å². The molecule has 16 heavy (non-hydrogen) atoms. The van der Waals surface area contributed by atoms with Gasteiger partial charge in [0.2, 0.25) is 5.13 Å². The highest BCUT2D eigenvalue weighted by molar-refractivity contribution is 7.13. The molecule has 0 aliphatic heterocycles. The summed E-state index contributed by atoms with van der Waals surface area (Å²) >= 11 is 1.46. The average Bonchev–Trinajstić information content (AvgIpc) is 2.82. The minimum absolute atomic E-state index is 0.112. The van der Waals surface area contributed by atoms with Gasteiger partial charge in [-0.25, -0.2) is 0 Å². The van der Waals surface area contributed by atoms with E-state index >= 15 is 0 Å². The van der Waals surface area contributed by atoms with Crippen molar-refractivity contribution in [3.05, 3.63) is 40.9 Å². The van der Waals surface area contributed by atoms with Crippen LogP contribution in [-0.4, -0.2) is 10.2 Å². The monoisotopic (exact) mass is 230 g/mol. The van der Waals surface area contributed by atoms with E-state index in [1.54, 1.807) is 11.6 Å². The molecule has 0 radical (unpaired) electrons. The smallest absolute Gasteiger partial charge is 0.205 e. The van der Waals surface area contributed by atoms with Crippen LogP contribution in [0.4, 0.5) is 5.13 Å². The summed E-state index contributed by atoms with van der Waals surface area (Å²) in [6.45, 7) is 2.03. The second-order valence-electron chi connectivity index (χ2n) is 3.35. The summed E-state index contributed by atoms with van der Waals surface area (Å²) in [6, 6.07) is 9.77. The number of nitrogens with zero attached hydrogens (tertiary/aromatic N) is 3. The van der Waals surface area contributed by atoms with Crippen LogP contribution in [0.3, 0.4) is 0 Å². The number of benzene rings is 1. The maximum atomic E-state index is 8.81. The molecule has 1 N–H and O–H groups in total. The predicted molar refractivity (Wildman–Crippen MR) is 63.1 cm³/mol. The zero-order valence-corrected chi connectivity index (χ0v) is 9.53. The molecule has 0 saturated heterocycles. The highest BCUT2D eigenvalue weighted by Crippen LogP contribution is 2.20. The van der Waals surface area contributed by atoms with Crippen LogP contribution < -0.4 is 5.32 Å². The Kier molecular flexibility index (Phi) is 3.13. The van der Waals surface area contributed by atoms with Gasteiger partial charge < -0.3 is 5.32 Å². The molecule has 5 heteroatoms. The van der Waals surface area contributed by atoms with Gasteiger partial charge >= 0.3 is 0 Å². The zero-order valence-electron chi connectivity index (χ0n) is 8.71. The molecule has 2 rings (SSSR count). The van der Waals surface area contributed by atoms with Gasteiger partial charge in [0.15, 0.2) is 0 Å². The number of nitrogens with one attached hydrogen (secondary N) is 1. The molecular weight excluding hydrogens is 220 g/mol. The summed E-state index contributed by atoms with van der Waals surface area (Å²) < 4.78 is 0. The SMILES string of the molecule is CC(Nc1nncs1)c1cccc(C#N)c1. The van der Waals surface area contributed by atoms with Gasteiger partial charge in [-0.15, -0.1) is 10.2 Å². The van der Waals surface area contributed by atoms with Crippen LogP contribution in [-0.2, 0) is 0 Å². The molecule has 0 saturated carbocycles. The first-order valence-electron chi connectivity index (χ1n) is 4.82. The van der Waals surface area contributed by atoms with E-state index < -0.39 is 0 Å². The Morgan fingerprint density at radius 2 is 2.38 bits per heavy atom. The summed E-state index contributed by atoms with van der Waals surface area (Å²) in [4.78, 5) is 0. The maximum absolute atomic E-state index is 8.81. The number of aromatic nitrogens is 2. The van der Waals surface area contributed by atoms with Crippen LogP contribution in [0.2, 0.25) is 0 Å². The third-order valence-corrected chi connectivity index (χ3v) is 2.84. The molecule has 0 amide bonds. The first-order valence-corrected chi connectivity index (χ1v) is 5.70. The van der Waals surface area contributed by atoms with Crippen LogP contribution in [0.5, 0.6) is 0 Å². The van der Waals surface area contributed by atoms with E-state index in [2.05, 4.69) is 21.6 Å². The minimum atomic E-state index is 0.112. The van der Waals surface area contributed by atoms with E-state index in [4.69, 9.17) is 5.26 Å². The van der Waals surface area contributed by atoms with E-state index in [0.717, 1.165) is 10.7 Å². The molecule has 80 valence electrons. The van der Waals surface area contributed by atoms with Crippen LogP contribution in [0, 0.1) is 11.3 Å². The van der Waals surface area contributed by atoms with Crippen molar-refractivity contribution >= 4 is 16.5 Å². The number of hydrogen-bond acceptors (Lipinski definition) is 5. The normalized spacial score (nSPS) is 11.8. The Morgan fingerprint density at radius 3 is 3.06 bits per heavy atom. The van der Waals surface area contributed by atoms with Crippen molar-refractivity contribution < 1.29 is 0 Å². The predicted octanol–water partition coefficient (Wildman–Crippen LogP) is 2.58. The first kappa shape index (κ1) is 10.6. The molecule has 1 atom stereocenters. The fraction of sp³-hybridized carbons (Fsp3) is 0.182. The van der Waals surface area contributed by atoms with Gasteiger partial charge in [-0.2, -0.15) is 5.26 Å². The number of rotatable bonds is 3. The maximum Gasteiger partial charge on any atom is 0.205 e. The molecule has 1 aromatic heterocycles. The van der Waals surface area contributed by atoms with Crippen molar-refractivity contribution in [3.63, 3.8) is 0 Å². The molecule has 0 aliphatic carbocycles. The molecule has 0 aliphatic rings. The Hall–Kier alpha value is -1.93. The molecule has 4 nitrogen and oxygen atoms in total. The van der Waals surface area contributed by atoms with Crippen molar-refractivity contribution in [1.82, 2.24) is 10.2 Å². The highest BCUT2D eigenvalue weighted by Gasteiger charge is 2.07. The highest BCUT2D eigenvalue weighted by atomic mass is 32.1. The molecule has 1 aromatic carbocycles. The molecular formula is C11H10N4S. The first-order chi connectivity index (χ1) is 7.79. The molecule has 1 unspecified atom stereocenters. The summed E-state index contributed by atoms with van der Waals surface area (Å²) in [6.07, 6.45) is 0. The number of nitriles is 1. The molecule has 0 spiro atoms. The Balaban J connectivity index is 2.15. The fourth-order valence-corrected chi connectivity index (χ4v) is 1.92. The van der Waals surface area contributed by atoms with Gasteiger partial charge in [0.05, 0.1) is 17.7 Å². The summed E-state index contributed by atoms with van der Waals surface area (Å²) in [7, 11) is 0. The topological polar surface area (TPSA) is 61.6 Å². The Labute approximate surface area is 97.6 Å². The lowest BCUT2D eigenvalue weighted by Crippen LogP contribution is -2.06. The van der Waals surface area contributed by atoms with E-state index in [1.807, 2.05) is 25.1 Å². The van der Waals surface area contributed by atoms with Crippen LogP contribution >= 0.6 is 11.3 Å². The fourth-order valence-electron chi connectivity index (χ4n) is 1.38. The van der Waals surface area contributed by atoms with Crippen molar-refractivity contribution in [2.75, 3.05) is 5.32 Å². The van der Waals surface area contributed by atoms with Crippen molar-refractivity contribution in [3.8, 4) is 6.07 Å². The van der Waals surface area contributed by atoms with Gasteiger partial charge in [0.25, 0.3) is 0 Å². The largest absolute Gasteiger partial charge is 0.354 e. The lowest BCUT2D eigenvalue weighted by Gasteiger charge is -2.12. The minimum Gasteiger partial charge on any atom is -0.354 e. The third-order valence-electron chi connectivity index (χ3n) is 2.22. The molecule has 0 fully saturated rings. The van der Waals surface area contributed by atoms with Gasteiger partial charge in [-0.1, -0.05) is 23.5 Å². The average molecular weight is 230 g/mol. The number of anilines is 1. The van der Waals surface area contributed by atoms with Crippen LogP contribution in [0.1, 0.15) is 24.1 Å². The summed E-state index contributed by atoms with van der Waals surface area (Å²) in [5.74, 6) is 0. The summed E-state index contributed by atoms with van der Waals surface area (Å²) in [5, 5.41) is 20.5. The molecule has 0 bridgehead atoms. The van der Waals surface area contributed by atoms with Crippen molar-refractivity contribution in [1.29, 1.82) is 5.26 Å². The van der Waals surface area contributed by atoms with Crippen molar-refractivity contribution in [2.24, 2.45) is 0 Å². The van der Waals surface area contributed by atoms with E-state index in [1.165, 1.54) is 11.3 Å². The molecule has 1 heterocycles. The van der Waals surface area contributed by atoms with E-state index in [0.29, 0.717) is 5.56 Å². The zero-order chi connectivity index (χ0) is 11.4. The molecule has 2 aromatic rings. The Bertz CT molecular complexity index is 501. The Morgan fingerprint density at radius 1 is 1.50 bits per heavy atom. The van der Waals surface area contributed by atoms with Crippen molar-refractivity contribution in [2.45, 2.75) is 13.0 Å². The third kappa shape index (κ3) is 2.35. The lowest BCUT2D eigenvalue weighted by molar-refractivity contribution is 0.873. The quantitative estimate of drug-likeness (QED) is 0.880. The standard InChI is InChI=1S/C11H10N4S/c1-8(14-11-15-13-7-16-11)10-4-2-3-9(5-10)6-12/h2-5,7-8H,1H3,(H,14,15). The lowest BCUT2D eigenvalue weighted by atomic mass is 10.1. The van der Waals surface area contributed by atoms with Gasteiger partial charge in [-0.05, 0) is 24.6 Å². The number of hydrogen-bond donors (Lipinski definition) is 1. The second kappa shape index (κ2) is 4.73. The second-order valence-corrected chi connectivity index (χ2v) is 4.18. The van der Waals surface area contributed by atoms with Gasteiger partial charge in [0.1, 0.15) is 5.51 Å². The van der Waals surface area contributed by atoms with E-state index in [9.17, 15) is 0 Å². The summed E-state index contributed by atoms with van der Waals surface area (Å²) in [5.41, 5.74) is 3.42. The van der Waals surface area contributed by atoms with Gasteiger partial charge in [-0.3, -0.25) is 0 Å². The van der Waals surface area contributed by atoms with Crippen LogP contribution in [0.25, 0.3) is 0 Å². The van der Waals surface area contributed by atoms with Gasteiger partial charge in [0, 0.05) is 0 Å². The van der Waals surface area contributed by atoms with E-state index in [-0.39, 0.29) is 6.04 Å².